The second-order valence-electron chi connectivity index (χ2n) is 12.0. The molecule has 0 bridgehead atoms. The monoisotopic (exact) mass is 707 g/mol. The smallest absolute Gasteiger partial charge is 0.199 e. The predicted molar refractivity (Wildman–Crippen MR) is 196 cm³/mol. The second kappa shape index (κ2) is 13.0. The van der Waals surface area contributed by atoms with E-state index in [4.69, 9.17) is 28.1 Å². The highest BCUT2D eigenvalue weighted by Gasteiger charge is 2.29. The van der Waals surface area contributed by atoms with Crippen LogP contribution in [-0.2, 0) is 0 Å². The summed E-state index contributed by atoms with van der Waals surface area (Å²) in [7, 11) is 0. The number of hydrogen-bond donors (Lipinski definition) is 0. The Bertz CT molecular complexity index is 3050. The summed E-state index contributed by atoms with van der Waals surface area (Å²) >= 11 is 0. The van der Waals surface area contributed by atoms with E-state index in [0.29, 0.717) is 61.1 Å². The van der Waals surface area contributed by atoms with Crippen LogP contribution in [0.5, 0.6) is 0 Å². The third kappa shape index (κ3) is 5.13. The molecule has 2 aromatic heterocycles. The summed E-state index contributed by atoms with van der Waals surface area (Å²) in [5.41, 5.74) is 1.58. The van der Waals surface area contributed by atoms with Crippen LogP contribution >= 0.6 is 0 Å². The molecule has 0 aliphatic carbocycles. The Labute approximate surface area is 303 Å². The lowest BCUT2D eigenvalue weighted by molar-refractivity contribution is 0.454. The molecule has 0 N–H and O–H groups in total. The van der Waals surface area contributed by atoms with Crippen molar-refractivity contribution in [1.29, 1.82) is 10.5 Å². The molecule has 11 heteroatoms. The van der Waals surface area contributed by atoms with Crippen molar-refractivity contribution in [2.24, 2.45) is 0 Å². The first-order valence-corrected chi connectivity index (χ1v) is 16.1. The molecule has 0 amide bonds. The summed E-state index contributed by atoms with van der Waals surface area (Å²) in [6.45, 7) is 15.7. The molecule has 0 unspecified atom stereocenters. The second-order valence-corrected chi connectivity index (χ2v) is 12.0. The Morgan fingerprint density at radius 3 is 1.78 bits per heavy atom. The fraction of sp³-hybridized carbons (Fsp3) is 0. The summed E-state index contributed by atoms with van der Waals surface area (Å²) in [5.74, 6) is -7.19. The Hall–Kier alpha value is -7.99. The van der Waals surface area contributed by atoms with Crippen LogP contribution in [0.2, 0.25) is 0 Å². The average molecular weight is 708 g/mol. The molecular weight excluding hydrogens is 691 g/mol. The highest BCUT2D eigenvalue weighted by atomic mass is 19.2. The number of para-hydroxylation sites is 1. The normalized spacial score (nSPS) is 10.9. The van der Waals surface area contributed by atoms with Gasteiger partial charge < -0.3 is 0 Å². The molecule has 0 fully saturated rings. The van der Waals surface area contributed by atoms with E-state index in [1.807, 2.05) is 0 Å². The summed E-state index contributed by atoms with van der Waals surface area (Å²) in [6, 6.07) is 31.1. The van der Waals surface area contributed by atoms with Crippen LogP contribution in [0.4, 0.5) is 28.9 Å². The molecule has 0 spiro atoms. The van der Waals surface area contributed by atoms with E-state index in [-0.39, 0.29) is 27.9 Å². The van der Waals surface area contributed by atoms with Crippen LogP contribution in [0.3, 0.4) is 0 Å². The van der Waals surface area contributed by atoms with E-state index in [9.17, 15) is 19.3 Å². The van der Waals surface area contributed by atoms with Gasteiger partial charge in [-0.3, -0.25) is 0 Å². The fourth-order valence-corrected chi connectivity index (χ4v) is 6.60. The summed E-state index contributed by atoms with van der Waals surface area (Å²) < 4.78 is 61.2. The van der Waals surface area contributed by atoms with Crippen LogP contribution < -0.4 is 0 Å². The van der Waals surface area contributed by atoms with Crippen molar-refractivity contribution in [3.05, 3.63) is 160 Å². The van der Waals surface area contributed by atoms with E-state index < -0.39 is 34.4 Å². The van der Waals surface area contributed by atoms with Crippen LogP contribution in [0, 0.1) is 59.1 Å². The highest BCUT2D eigenvalue weighted by Crippen LogP contribution is 2.46. The van der Waals surface area contributed by atoms with Gasteiger partial charge in [0.1, 0.15) is 11.6 Å². The van der Waals surface area contributed by atoms with Gasteiger partial charge in [-0.2, -0.15) is 10.5 Å². The lowest BCUT2D eigenvalue weighted by Gasteiger charge is -2.18. The largest absolute Gasteiger partial charge is 0.248 e. The first-order chi connectivity index (χ1) is 26.3. The van der Waals surface area contributed by atoms with Crippen molar-refractivity contribution in [3.8, 4) is 57.0 Å². The summed E-state index contributed by atoms with van der Waals surface area (Å²) in [5, 5.41) is 19.9. The maximum atomic E-state index is 15.6. The summed E-state index contributed by atoms with van der Waals surface area (Å²) in [4.78, 5) is 22.4. The maximum Gasteiger partial charge on any atom is 0.199 e. The van der Waals surface area contributed by atoms with Gasteiger partial charge in [-0.25, -0.2) is 42.2 Å². The number of fused-ring (bicyclic) bond motifs is 5. The van der Waals surface area contributed by atoms with E-state index in [1.165, 1.54) is 30.3 Å². The topological polar surface area (TPSA) is 95.0 Å². The molecule has 0 aliphatic rings. The number of pyridine rings is 1. The minimum atomic E-state index is -1.84. The molecule has 0 aliphatic heterocycles. The van der Waals surface area contributed by atoms with Crippen LogP contribution in [0.25, 0.3) is 87.3 Å². The highest BCUT2D eigenvalue weighted by molar-refractivity contribution is 6.25. The van der Waals surface area contributed by atoms with E-state index in [0.717, 1.165) is 0 Å². The molecular formula is C43H17F4N7. The molecule has 2 heterocycles. The lowest BCUT2D eigenvalue weighted by atomic mass is 9.91. The zero-order chi connectivity index (χ0) is 37.7. The molecule has 0 atom stereocenters. The van der Waals surface area contributed by atoms with Gasteiger partial charge in [0.05, 0.1) is 64.0 Å². The van der Waals surface area contributed by atoms with Gasteiger partial charge in [0, 0.05) is 27.3 Å². The van der Waals surface area contributed by atoms with Gasteiger partial charge in [0.15, 0.2) is 34.6 Å². The molecule has 54 heavy (non-hydrogen) atoms. The Morgan fingerprint density at radius 1 is 0.556 bits per heavy atom. The lowest BCUT2D eigenvalue weighted by Crippen LogP contribution is -2.05. The molecule has 0 saturated carbocycles. The van der Waals surface area contributed by atoms with E-state index in [2.05, 4.69) is 15.8 Å². The number of rotatable bonds is 4. The van der Waals surface area contributed by atoms with Gasteiger partial charge in [0.25, 0.3) is 0 Å². The van der Waals surface area contributed by atoms with E-state index >= 15 is 8.78 Å². The van der Waals surface area contributed by atoms with Gasteiger partial charge in [-0.15, -0.1) is 0 Å². The third-order valence-electron chi connectivity index (χ3n) is 9.09. The van der Waals surface area contributed by atoms with Crippen LogP contribution in [0.15, 0.2) is 103 Å². The fourth-order valence-electron chi connectivity index (χ4n) is 6.60. The molecule has 6 aromatic carbocycles. The Kier molecular flexibility index (Phi) is 7.96. The zero-order valence-electron chi connectivity index (χ0n) is 27.5. The minimum Gasteiger partial charge on any atom is -0.248 e. The van der Waals surface area contributed by atoms with Crippen molar-refractivity contribution in [2.45, 2.75) is 0 Å². The van der Waals surface area contributed by atoms with Gasteiger partial charge in [0.2, 0.25) is 0 Å². The first kappa shape index (κ1) is 33.2. The minimum absolute atomic E-state index is 0.0515. The average Bonchev–Trinajstić information content (AvgIpc) is 3.22. The van der Waals surface area contributed by atoms with Crippen molar-refractivity contribution in [1.82, 2.24) is 15.0 Å². The number of halogens is 4. The van der Waals surface area contributed by atoms with Crippen molar-refractivity contribution in [3.63, 3.8) is 0 Å². The van der Waals surface area contributed by atoms with Crippen molar-refractivity contribution >= 4 is 44.1 Å². The first-order valence-electron chi connectivity index (χ1n) is 16.1. The SMILES string of the molecule is [C-]#[N+]c1ccc(-c2nc3cc([N+]#[C-])c4c(-c5ccccc5-c5c(F)c(F)c(C#N)c(F)c5F)nc5ccccc5c4c3nc2-c2ccc(C#N)cc2)cc1. The van der Waals surface area contributed by atoms with Crippen LogP contribution in [-0.4, -0.2) is 15.0 Å². The number of benzene rings is 6. The molecule has 0 saturated heterocycles. The number of nitriles is 2. The van der Waals surface area contributed by atoms with E-state index in [1.54, 1.807) is 78.9 Å². The van der Waals surface area contributed by atoms with Gasteiger partial charge >= 0.3 is 0 Å². The third-order valence-corrected chi connectivity index (χ3v) is 9.09. The summed E-state index contributed by atoms with van der Waals surface area (Å²) in [6.07, 6.45) is 0. The van der Waals surface area contributed by atoms with Gasteiger partial charge in [-0.05, 0) is 35.4 Å². The molecule has 252 valence electrons. The Morgan fingerprint density at radius 2 is 1.15 bits per heavy atom. The standard InChI is InChI=1S/C43H17F4N7/c1-50-25-17-15-24(16-18-25)40-41(23-13-11-22(20-48)12-14-23)54-43-32(53-40)19-31(51-2)35-33(43)28-9-5-6-10-30(28)52-42(35)27-8-4-3-7-26(27)34-38(46)36(44)29(21-49)37(45)39(34)47/h3-19H. The van der Waals surface area contributed by atoms with Gasteiger partial charge in [-0.1, -0.05) is 78.9 Å². The Balaban J connectivity index is 1.52. The van der Waals surface area contributed by atoms with Crippen LogP contribution in [0.1, 0.15) is 11.1 Å². The number of hydrogen-bond acceptors (Lipinski definition) is 5. The molecule has 0 radical (unpaired) electrons. The zero-order valence-corrected chi connectivity index (χ0v) is 27.5. The molecule has 8 aromatic rings. The van der Waals surface area contributed by atoms with Crippen molar-refractivity contribution in [2.75, 3.05) is 0 Å². The predicted octanol–water partition coefficient (Wildman–Crippen LogP) is 11.4. The number of nitrogens with zero attached hydrogens (tertiary/aromatic N) is 7. The quantitative estimate of drug-likeness (QED) is 0.0785. The van der Waals surface area contributed by atoms with Crippen molar-refractivity contribution < 1.29 is 17.6 Å². The number of aromatic nitrogens is 3. The maximum absolute atomic E-state index is 15.6. The molecule has 8 rings (SSSR count). The molecule has 7 nitrogen and oxygen atoms in total.